The molecule has 2 nitrogen and oxygen atoms in total. The monoisotopic (exact) mass is 458 g/mol. The van der Waals surface area contributed by atoms with Crippen LogP contribution in [-0.4, -0.2) is 11.4 Å². The molecule has 0 radical (unpaired) electrons. The van der Waals surface area contributed by atoms with Crippen molar-refractivity contribution in [1.82, 2.24) is 0 Å². The number of ketones is 1. The first-order valence-corrected chi connectivity index (χ1v) is 9.91. The summed E-state index contributed by atoms with van der Waals surface area (Å²) in [5, 5.41) is 0.237. The molecule has 4 rings (SSSR count). The highest BCUT2D eigenvalue weighted by Gasteiger charge is 2.64. The molecule has 27 heavy (non-hydrogen) atoms. The van der Waals surface area contributed by atoms with Crippen molar-refractivity contribution in [2.75, 3.05) is 0 Å². The van der Waals surface area contributed by atoms with Gasteiger partial charge in [-0.3, -0.25) is 4.79 Å². The molecule has 1 fully saturated rings. The van der Waals surface area contributed by atoms with E-state index in [0.717, 1.165) is 11.1 Å². The molecule has 1 saturated heterocycles. The van der Waals surface area contributed by atoms with Gasteiger partial charge >= 0.3 is 0 Å². The average molecular weight is 461 g/mol. The summed E-state index contributed by atoms with van der Waals surface area (Å²) in [7, 11) is 0. The van der Waals surface area contributed by atoms with Crippen molar-refractivity contribution in [1.29, 1.82) is 0 Å². The molecule has 1 aliphatic carbocycles. The lowest BCUT2D eigenvalue weighted by Crippen LogP contribution is -2.56. The van der Waals surface area contributed by atoms with Crippen LogP contribution >= 0.6 is 58.0 Å². The molecule has 0 unspecified atom stereocenters. The number of carbonyl (C=O) groups is 1. The first-order chi connectivity index (χ1) is 12.9. The summed E-state index contributed by atoms with van der Waals surface area (Å²) in [5.41, 5.74) is 0.462. The molecule has 2 atom stereocenters. The van der Waals surface area contributed by atoms with Crippen molar-refractivity contribution < 1.29 is 9.53 Å². The molecule has 0 amide bonds. The fourth-order valence-electron chi connectivity index (χ4n) is 3.59. The lowest BCUT2D eigenvalue weighted by molar-refractivity contribution is -0.183. The van der Waals surface area contributed by atoms with Crippen LogP contribution in [0.15, 0.2) is 74.7 Å². The largest absolute Gasteiger partial charge is 0.354 e. The predicted octanol–water partition coefficient (Wildman–Crippen LogP) is 6.90. The molecule has 0 bridgehead atoms. The highest BCUT2D eigenvalue weighted by atomic mass is 35.5. The van der Waals surface area contributed by atoms with Gasteiger partial charge in [0, 0.05) is 5.02 Å². The predicted molar refractivity (Wildman–Crippen MR) is 110 cm³/mol. The third kappa shape index (κ3) is 2.86. The first-order valence-electron chi connectivity index (χ1n) is 8.02. The molecule has 1 heterocycles. The van der Waals surface area contributed by atoms with Gasteiger partial charge in [0.15, 0.2) is 5.60 Å². The Balaban J connectivity index is 1.92. The Hall–Kier alpha value is -1.000. The van der Waals surface area contributed by atoms with E-state index in [-0.39, 0.29) is 32.2 Å². The summed E-state index contributed by atoms with van der Waals surface area (Å²) >= 11 is 31.6. The summed E-state index contributed by atoms with van der Waals surface area (Å²) < 4.78 is 6.23. The van der Waals surface area contributed by atoms with Crippen LogP contribution in [0.2, 0.25) is 5.02 Å². The second-order valence-corrected chi connectivity index (χ2v) is 8.25. The summed E-state index contributed by atoms with van der Waals surface area (Å²) in [5.74, 6) is -0.982. The molecule has 1 spiro atoms. The number of benzene rings is 2. The quantitative estimate of drug-likeness (QED) is 0.488. The SMILES string of the molecule is O=C1C(Cl)=C(Cl)C2(O[C@H](c3ccccc3)[C@H]2c2cccc(Cl)c2)C(Cl)=C1Cl. The lowest BCUT2D eigenvalue weighted by atomic mass is 9.68. The molecular formula is C20H11Cl5O2. The summed E-state index contributed by atoms with van der Waals surface area (Å²) in [4.78, 5) is 12.2. The maximum atomic E-state index is 12.2. The van der Waals surface area contributed by atoms with Crippen LogP contribution in [0.1, 0.15) is 23.1 Å². The van der Waals surface area contributed by atoms with E-state index in [1.165, 1.54) is 0 Å². The molecule has 0 N–H and O–H groups in total. The van der Waals surface area contributed by atoms with Crippen LogP contribution in [0.25, 0.3) is 0 Å². The van der Waals surface area contributed by atoms with Gasteiger partial charge in [-0.15, -0.1) is 0 Å². The van der Waals surface area contributed by atoms with E-state index in [9.17, 15) is 4.79 Å². The molecule has 7 heteroatoms. The van der Waals surface area contributed by atoms with Gasteiger partial charge < -0.3 is 4.74 Å². The zero-order valence-electron chi connectivity index (χ0n) is 13.6. The zero-order chi connectivity index (χ0) is 19.3. The third-order valence-corrected chi connectivity index (χ3v) is 6.92. The van der Waals surface area contributed by atoms with Crippen molar-refractivity contribution in [2.45, 2.75) is 17.6 Å². The molecule has 138 valence electrons. The fourth-order valence-corrected chi connectivity index (χ4v) is 5.04. The van der Waals surface area contributed by atoms with Crippen LogP contribution in [0.5, 0.6) is 0 Å². The lowest BCUT2D eigenvalue weighted by Gasteiger charge is -2.56. The topological polar surface area (TPSA) is 26.3 Å². The maximum absolute atomic E-state index is 12.2. The highest BCUT2D eigenvalue weighted by molar-refractivity contribution is 6.61. The van der Waals surface area contributed by atoms with Crippen LogP contribution in [0.4, 0.5) is 0 Å². The Labute approximate surface area is 181 Å². The number of hydrogen-bond acceptors (Lipinski definition) is 2. The van der Waals surface area contributed by atoms with E-state index in [2.05, 4.69) is 0 Å². The Morgan fingerprint density at radius 2 is 1.37 bits per heavy atom. The van der Waals surface area contributed by atoms with Crippen LogP contribution in [-0.2, 0) is 9.53 Å². The van der Waals surface area contributed by atoms with E-state index in [1.807, 2.05) is 48.5 Å². The molecule has 2 aliphatic rings. The van der Waals surface area contributed by atoms with Gasteiger partial charge in [-0.1, -0.05) is 100 Å². The van der Waals surface area contributed by atoms with Crippen molar-refractivity contribution in [3.8, 4) is 0 Å². The second kappa shape index (κ2) is 7.11. The van der Waals surface area contributed by atoms with E-state index < -0.39 is 11.4 Å². The van der Waals surface area contributed by atoms with Gasteiger partial charge in [0.05, 0.1) is 22.1 Å². The average Bonchev–Trinajstić information content (AvgIpc) is 2.65. The number of carbonyl (C=O) groups excluding carboxylic acids is 1. The molecule has 0 saturated carbocycles. The maximum Gasteiger partial charge on any atom is 0.218 e. The van der Waals surface area contributed by atoms with Gasteiger partial charge in [0.2, 0.25) is 5.78 Å². The minimum Gasteiger partial charge on any atom is -0.354 e. The number of Topliss-reactive ketones (excluding diaryl/α,β-unsaturated/α-hetero) is 1. The minimum absolute atomic E-state index is 0.0284. The van der Waals surface area contributed by atoms with Gasteiger partial charge in [0.1, 0.15) is 10.1 Å². The molecule has 0 aromatic heterocycles. The van der Waals surface area contributed by atoms with E-state index in [0.29, 0.717) is 5.02 Å². The number of halogens is 5. The summed E-state index contributed by atoms with van der Waals surface area (Å²) in [6, 6.07) is 17.0. The third-order valence-electron chi connectivity index (χ3n) is 4.83. The van der Waals surface area contributed by atoms with Crippen molar-refractivity contribution in [3.63, 3.8) is 0 Å². The normalized spacial score (nSPS) is 24.4. The second-order valence-electron chi connectivity index (χ2n) is 6.30. The number of rotatable bonds is 2. The van der Waals surface area contributed by atoms with E-state index in [1.54, 1.807) is 6.07 Å². The number of hydrogen-bond donors (Lipinski definition) is 0. The van der Waals surface area contributed by atoms with Crippen molar-refractivity contribution >= 4 is 63.8 Å². The van der Waals surface area contributed by atoms with Crippen LogP contribution < -0.4 is 0 Å². The molecular weight excluding hydrogens is 449 g/mol. The molecule has 2 aromatic carbocycles. The molecule has 1 aliphatic heterocycles. The zero-order valence-corrected chi connectivity index (χ0v) is 17.3. The van der Waals surface area contributed by atoms with Crippen molar-refractivity contribution in [3.05, 3.63) is 90.9 Å². The fraction of sp³-hybridized carbons (Fsp3) is 0.150. The molecule has 2 aromatic rings. The first kappa shape index (κ1) is 19.3. The van der Waals surface area contributed by atoms with E-state index in [4.69, 9.17) is 62.7 Å². The smallest absolute Gasteiger partial charge is 0.218 e. The highest BCUT2D eigenvalue weighted by Crippen LogP contribution is 2.65. The Bertz CT molecular complexity index is 968. The summed E-state index contributed by atoms with van der Waals surface area (Å²) in [6.07, 6.45) is -0.366. The van der Waals surface area contributed by atoms with E-state index >= 15 is 0 Å². The Kier molecular flexibility index (Phi) is 5.09. The van der Waals surface area contributed by atoms with Crippen LogP contribution in [0.3, 0.4) is 0 Å². The van der Waals surface area contributed by atoms with Gasteiger partial charge in [-0.05, 0) is 23.3 Å². The number of ether oxygens (including phenoxy) is 1. The number of allylic oxidation sites excluding steroid dienone is 2. The van der Waals surface area contributed by atoms with Gasteiger partial charge in [-0.2, -0.15) is 0 Å². The van der Waals surface area contributed by atoms with Crippen LogP contribution in [0, 0.1) is 0 Å². The Morgan fingerprint density at radius 1 is 0.778 bits per heavy atom. The Morgan fingerprint density at radius 3 is 1.96 bits per heavy atom. The van der Waals surface area contributed by atoms with Gasteiger partial charge in [-0.25, -0.2) is 0 Å². The van der Waals surface area contributed by atoms with Crippen molar-refractivity contribution in [2.24, 2.45) is 0 Å². The van der Waals surface area contributed by atoms with Gasteiger partial charge in [0.25, 0.3) is 0 Å². The summed E-state index contributed by atoms with van der Waals surface area (Å²) in [6.45, 7) is 0. The standard InChI is InChI=1S/C20H11Cl5O2/c21-12-8-4-7-11(9-12)13-17(10-5-2-1-3-6-10)27-20(13)18(24)14(22)16(26)15(23)19(20)25/h1-9,13,17H/t13-,17-/m1/s1. The minimum atomic E-state index is -1.32.